The normalized spacial score (nSPS) is 19.2. The van der Waals surface area contributed by atoms with Crippen LogP contribution in [0.1, 0.15) is 18.1 Å². The molecule has 1 saturated heterocycles. The Bertz CT molecular complexity index is 1020. The first-order chi connectivity index (χ1) is 13.5. The Hall–Kier alpha value is -3.06. The first-order valence-electron chi connectivity index (χ1n) is 8.21. The minimum atomic E-state index is -4.82. The Morgan fingerprint density at radius 2 is 1.83 bits per heavy atom. The van der Waals surface area contributed by atoms with Gasteiger partial charge in [0.05, 0.1) is 22.9 Å². The van der Waals surface area contributed by atoms with Gasteiger partial charge < -0.3 is 5.32 Å². The maximum atomic E-state index is 13.2. The van der Waals surface area contributed by atoms with E-state index >= 15 is 0 Å². The number of rotatable bonds is 4. The lowest BCUT2D eigenvalue weighted by molar-refractivity contribution is -0.137. The first-order valence-corrected chi connectivity index (χ1v) is 9.20. The van der Waals surface area contributed by atoms with E-state index in [1.807, 2.05) is 0 Å². The van der Waals surface area contributed by atoms with E-state index in [4.69, 9.17) is 5.26 Å². The molecule has 150 valence electrons. The molecule has 1 atom stereocenters. The van der Waals surface area contributed by atoms with E-state index < -0.39 is 40.6 Å². The number of imide groups is 1. The van der Waals surface area contributed by atoms with Crippen LogP contribution in [-0.4, -0.2) is 23.2 Å². The number of halogens is 4. The predicted octanol–water partition coefficient (Wildman–Crippen LogP) is 4.32. The second-order valence-corrected chi connectivity index (χ2v) is 7.53. The van der Waals surface area contributed by atoms with Crippen LogP contribution in [0.25, 0.3) is 0 Å². The zero-order valence-corrected chi connectivity index (χ0v) is 15.7. The van der Waals surface area contributed by atoms with E-state index in [9.17, 15) is 27.2 Å². The van der Waals surface area contributed by atoms with E-state index in [0.717, 1.165) is 12.1 Å². The fourth-order valence-electron chi connectivity index (χ4n) is 2.78. The van der Waals surface area contributed by atoms with Crippen LogP contribution in [0.3, 0.4) is 0 Å². The molecule has 1 fully saturated rings. The molecule has 0 aliphatic carbocycles. The van der Waals surface area contributed by atoms with Gasteiger partial charge in [-0.2, -0.15) is 18.4 Å². The summed E-state index contributed by atoms with van der Waals surface area (Å²) in [7, 11) is 0. The van der Waals surface area contributed by atoms with Crippen LogP contribution in [0.4, 0.5) is 28.0 Å². The molecule has 1 aliphatic heterocycles. The largest absolute Gasteiger partial charge is 0.417 e. The molecule has 0 bridgehead atoms. The molecule has 3 rings (SSSR count). The highest BCUT2D eigenvalue weighted by molar-refractivity contribution is 7.99. The van der Waals surface area contributed by atoms with E-state index in [1.54, 1.807) is 0 Å². The predicted molar refractivity (Wildman–Crippen MR) is 97.7 cm³/mol. The number of urea groups is 1. The van der Waals surface area contributed by atoms with Crippen LogP contribution in [0.2, 0.25) is 0 Å². The summed E-state index contributed by atoms with van der Waals surface area (Å²) in [5, 5.41) is 11.4. The Morgan fingerprint density at radius 1 is 1.17 bits per heavy atom. The molecule has 0 saturated carbocycles. The number of benzene rings is 2. The number of nitriles is 1. The highest BCUT2D eigenvalue weighted by Crippen LogP contribution is 2.36. The number of alkyl halides is 3. The molecule has 0 aromatic heterocycles. The average molecular weight is 423 g/mol. The van der Waals surface area contributed by atoms with Gasteiger partial charge in [-0.05, 0) is 49.4 Å². The molecular weight excluding hydrogens is 410 g/mol. The smallest absolute Gasteiger partial charge is 0.322 e. The topological polar surface area (TPSA) is 73.2 Å². The Morgan fingerprint density at radius 3 is 2.41 bits per heavy atom. The molecule has 0 spiro atoms. The Kier molecular flexibility index (Phi) is 5.28. The number of hydrogen-bond acceptors (Lipinski definition) is 4. The number of carbonyl (C=O) groups excluding carboxylic acids is 2. The van der Waals surface area contributed by atoms with Gasteiger partial charge >= 0.3 is 12.2 Å². The Labute approximate surface area is 167 Å². The lowest BCUT2D eigenvalue weighted by Gasteiger charge is -2.21. The van der Waals surface area contributed by atoms with E-state index in [-0.39, 0.29) is 11.4 Å². The second kappa shape index (κ2) is 7.40. The quantitative estimate of drug-likeness (QED) is 0.452. The summed E-state index contributed by atoms with van der Waals surface area (Å²) in [5.41, 5.74) is -3.49. The van der Waals surface area contributed by atoms with Gasteiger partial charge in [0.1, 0.15) is 11.4 Å². The molecule has 10 heteroatoms. The molecule has 0 unspecified atom stereocenters. The molecule has 1 heterocycles. The zero-order valence-electron chi connectivity index (χ0n) is 14.9. The molecular formula is C19H13F4N3O2S. The van der Waals surface area contributed by atoms with Gasteiger partial charge in [-0.25, -0.2) is 14.1 Å². The fraction of sp³-hybridized carbons (Fsp3) is 0.211. The molecule has 29 heavy (non-hydrogen) atoms. The van der Waals surface area contributed by atoms with Gasteiger partial charge in [-0.1, -0.05) is 0 Å². The maximum Gasteiger partial charge on any atom is 0.417 e. The number of carbonyl (C=O) groups is 2. The minimum Gasteiger partial charge on any atom is -0.322 e. The molecule has 0 radical (unpaired) electrons. The summed E-state index contributed by atoms with van der Waals surface area (Å²) >= 11 is 1.19. The van der Waals surface area contributed by atoms with Crippen LogP contribution in [-0.2, 0) is 11.0 Å². The molecule has 3 amide bonds. The van der Waals surface area contributed by atoms with Crippen molar-refractivity contribution in [3.8, 4) is 6.07 Å². The molecule has 2 aromatic rings. The number of nitrogens with one attached hydrogen (secondary N) is 1. The van der Waals surface area contributed by atoms with Crippen LogP contribution in [0.5, 0.6) is 0 Å². The summed E-state index contributed by atoms with van der Waals surface area (Å²) in [4.78, 5) is 26.5. The standard InChI is InChI=1S/C19H13F4N3O2S/c1-18(10-29-14-6-3-12(20)4-7-14)16(27)26(17(28)25-18)13-5-2-11(9-24)15(8-13)19(21,22)23/h2-8H,10H2,1H3,(H,25,28)/t18-/m1/s1. The summed E-state index contributed by atoms with van der Waals surface area (Å²) in [6.45, 7) is 1.46. The number of nitrogens with zero attached hydrogens (tertiary/aromatic N) is 2. The molecule has 1 N–H and O–H groups in total. The van der Waals surface area contributed by atoms with Crippen LogP contribution in [0.15, 0.2) is 47.4 Å². The third kappa shape index (κ3) is 4.05. The van der Waals surface area contributed by atoms with E-state index in [1.165, 1.54) is 49.0 Å². The van der Waals surface area contributed by atoms with Crippen LogP contribution < -0.4 is 10.2 Å². The highest BCUT2D eigenvalue weighted by Gasteiger charge is 2.49. The number of thioether (sulfide) groups is 1. The molecule has 5 nitrogen and oxygen atoms in total. The van der Waals surface area contributed by atoms with Crippen molar-refractivity contribution in [2.24, 2.45) is 0 Å². The number of anilines is 1. The van der Waals surface area contributed by atoms with Crippen LogP contribution >= 0.6 is 11.8 Å². The summed E-state index contributed by atoms with van der Waals surface area (Å²) in [5.74, 6) is -1.06. The highest BCUT2D eigenvalue weighted by atomic mass is 32.2. The lowest BCUT2D eigenvalue weighted by Crippen LogP contribution is -2.46. The SMILES string of the molecule is C[C@]1(CSc2ccc(F)cc2)NC(=O)N(c2ccc(C#N)c(C(F)(F)F)c2)C1=O. The van der Waals surface area contributed by atoms with Crippen molar-refractivity contribution in [2.75, 3.05) is 10.7 Å². The Balaban J connectivity index is 1.87. The molecule has 2 aromatic carbocycles. The number of amides is 3. The first kappa shape index (κ1) is 20.7. The maximum absolute atomic E-state index is 13.2. The minimum absolute atomic E-state index is 0.0854. The van der Waals surface area contributed by atoms with Gasteiger partial charge in [0.15, 0.2) is 0 Å². The van der Waals surface area contributed by atoms with Crippen molar-refractivity contribution < 1.29 is 27.2 Å². The van der Waals surface area contributed by atoms with Crippen molar-refractivity contribution in [2.45, 2.75) is 23.5 Å². The van der Waals surface area contributed by atoms with Gasteiger partial charge in [-0.3, -0.25) is 4.79 Å². The number of hydrogen-bond donors (Lipinski definition) is 1. The zero-order chi connectivity index (χ0) is 21.4. The third-order valence-electron chi connectivity index (χ3n) is 4.29. The second-order valence-electron chi connectivity index (χ2n) is 6.48. The van der Waals surface area contributed by atoms with Gasteiger partial charge in [0.2, 0.25) is 0 Å². The van der Waals surface area contributed by atoms with E-state index in [0.29, 0.717) is 15.9 Å². The van der Waals surface area contributed by atoms with Gasteiger partial charge in [-0.15, -0.1) is 11.8 Å². The molecule has 1 aliphatic rings. The van der Waals surface area contributed by atoms with Crippen LogP contribution in [0, 0.1) is 17.1 Å². The van der Waals surface area contributed by atoms with Crippen molar-refractivity contribution in [3.05, 3.63) is 59.4 Å². The van der Waals surface area contributed by atoms with Gasteiger partial charge in [0.25, 0.3) is 5.91 Å². The monoisotopic (exact) mass is 423 g/mol. The fourth-order valence-corrected chi connectivity index (χ4v) is 3.76. The van der Waals surface area contributed by atoms with Crippen molar-refractivity contribution in [1.29, 1.82) is 5.26 Å². The van der Waals surface area contributed by atoms with Gasteiger partial charge in [0, 0.05) is 10.6 Å². The summed E-state index contributed by atoms with van der Waals surface area (Å²) in [6.07, 6.45) is -4.82. The van der Waals surface area contributed by atoms with Crippen molar-refractivity contribution >= 4 is 29.4 Å². The average Bonchev–Trinajstić information content (AvgIpc) is 2.89. The third-order valence-corrected chi connectivity index (χ3v) is 5.62. The lowest BCUT2D eigenvalue weighted by atomic mass is 10.0. The van der Waals surface area contributed by atoms with E-state index in [2.05, 4.69) is 5.32 Å². The van der Waals surface area contributed by atoms with Crippen molar-refractivity contribution in [1.82, 2.24) is 5.32 Å². The van der Waals surface area contributed by atoms with Crippen molar-refractivity contribution in [3.63, 3.8) is 0 Å². The summed E-state index contributed by atoms with van der Waals surface area (Å²) < 4.78 is 52.6. The summed E-state index contributed by atoms with van der Waals surface area (Å²) in [6, 6.07) is 8.75.